The Morgan fingerprint density at radius 1 is 1.15 bits per heavy atom. The van der Waals surface area contributed by atoms with Gasteiger partial charge in [0.05, 0.1) is 24.7 Å². The number of allylic oxidation sites excluding steroid dienone is 3. The van der Waals surface area contributed by atoms with E-state index < -0.39 is 12.1 Å². The van der Waals surface area contributed by atoms with Crippen LogP contribution in [0, 0.1) is 18.8 Å². The van der Waals surface area contributed by atoms with Crippen molar-refractivity contribution in [2.45, 2.75) is 32.0 Å². The standard InChI is InChI=1S/C24H29F3N4O3/c1-16-2-3-18(13-28-16)22(32)29-21-12-19(17-4-6-20(7-5-17)24(25,26)27)14-31(15-21)23(33)30-8-10-34-11-9-30/h2-6,13,19-21H,7-12,14-15H2,1H3,(H,29,32). The maximum Gasteiger partial charge on any atom is 0.395 e. The first-order valence-corrected chi connectivity index (χ1v) is 11.5. The normalized spacial score (nSPS) is 25.6. The van der Waals surface area contributed by atoms with Crippen LogP contribution in [-0.4, -0.2) is 78.3 Å². The van der Waals surface area contributed by atoms with Crippen LogP contribution >= 0.6 is 0 Å². The Morgan fingerprint density at radius 3 is 2.53 bits per heavy atom. The zero-order valence-corrected chi connectivity index (χ0v) is 19.1. The van der Waals surface area contributed by atoms with Crippen molar-refractivity contribution < 1.29 is 27.5 Å². The number of urea groups is 1. The summed E-state index contributed by atoms with van der Waals surface area (Å²) in [5.74, 6) is -1.96. The molecule has 3 aliphatic rings. The molecule has 1 aliphatic carbocycles. The Labute approximate surface area is 196 Å². The SMILES string of the molecule is Cc1ccc(C(=O)NC2CC(C3=CCC(C(F)(F)F)C=C3)CN(C(=O)N3CCOCC3)C2)cn1. The zero-order chi connectivity index (χ0) is 24.3. The quantitative estimate of drug-likeness (QED) is 0.723. The third-order valence-electron chi connectivity index (χ3n) is 6.53. The predicted octanol–water partition coefficient (Wildman–Crippen LogP) is 3.33. The summed E-state index contributed by atoms with van der Waals surface area (Å²) in [6.07, 6.45) is 1.99. The first-order valence-electron chi connectivity index (χ1n) is 11.5. The molecule has 1 aromatic heterocycles. The van der Waals surface area contributed by atoms with E-state index >= 15 is 0 Å². The minimum Gasteiger partial charge on any atom is -0.378 e. The van der Waals surface area contributed by atoms with Crippen LogP contribution in [-0.2, 0) is 4.74 Å². The molecule has 3 unspecified atom stereocenters. The number of likely N-dealkylation sites (tertiary alicyclic amines) is 1. The summed E-state index contributed by atoms with van der Waals surface area (Å²) in [4.78, 5) is 33.6. The Balaban J connectivity index is 1.50. The average molecular weight is 479 g/mol. The van der Waals surface area contributed by atoms with Gasteiger partial charge in [0.15, 0.2) is 0 Å². The number of hydrogen-bond acceptors (Lipinski definition) is 4. The maximum absolute atomic E-state index is 13.2. The Bertz CT molecular complexity index is 955. The van der Waals surface area contributed by atoms with E-state index in [1.807, 2.05) is 6.92 Å². The number of hydrogen-bond donors (Lipinski definition) is 1. The van der Waals surface area contributed by atoms with Crippen molar-refractivity contribution in [3.05, 3.63) is 53.4 Å². The van der Waals surface area contributed by atoms with Gasteiger partial charge in [-0.15, -0.1) is 0 Å². The lowest BCUT2D eigenvalue weighted by Crippen LogP contribution is -2.57. The molecule has 0 bridgehead atoms. The molecule has 34 heavy (non-hydrogen) atoms. The predicted molar refractivity (Wildman–Crippen MR) is 119 cm³/mol. The molecule has 3 heterocycles. The Hall–Kier alpha value is -2.88. The van der Waals surface area contributed by atoms with E-state index in [2.05, 4.69) is 10.3 Å². The summed E-state index contributed by atoms with van der Waals surface area (Å²) in [7, 11) is 0. The van der Waals surface area contributed by atoms with Gasteiger partial charge in [-0.2, -0.15) is 13.2 Å². The number of amides is 3. The minimum atomic E-state index is -4.28. The lowest BCUT2D eigenvalue weighted by molar-refractivity contribution is -0.160. The van der Waals surface area contributed by atoms with Crippen molar-refractivity contribution in [3.63, 3.8) is 0 Å². The fourth-order valence-electron chi connectivity index (χ4n) is 4.61. The van der Waals surface area contributed by atoms with Gasteiger partial charge in [-0.1, -0.05) is 18.2 Å². The van der Waals surface area contributed by atoms with Crippen LogP contribution in [0.2, 0.25) is 0 Å². The van der Waals surface area contributed by atoms with Gasteiger partial charge < -0.3 is 19.9 Å². The van der Waals surface area contributed by atoms with Gasteiger partial charge in [0.1, 0.15) is 0 Å². The largest absolute Gasteiger partial charge is 0.395 e. The molecule has 1 aromatic rings. The molecule has 0 radical (unpaired) electrons. The van der Waals surface area contributed by atoms with Crippen molar-refractivity contribution in [3.8, 4) is 0 Å². The van der Waals surface area contributed by atoms with Crippen molar-refractivity contribution in [2.75, 3.05) is 39.4 Å². The number of morpholine rings is 1. The number of pyridine rings is 1. The van der Waals surface area contributed by atoms with Crippen molar-refractivity contribution >= 4 is 11.9 Å². The second kappa shape index (κ2) is 10.2. The minimum absolute atomic E-state index is 0.116. The summed E-state index contributed by atoms with van der Waals surface area (Å²) in [5, 5.41) is 3.00. The van der Waals surface area contributed by atoms with Crippen LogP contribution < -0.4 is 5.32 Å². The first-order chi connectivity index (χ1) is 16.2. The van der Waals surface area contributed by atoms with E-state index in [-0.39, 0.29) is 30.3 Å². The van der Waals surface area contributed by atoms with Gasteiger partial charge in [-0.05, 0) is 37.5 Å². The molecule has 7 nitrogen and oxygen atoms in total. The molecular weight excluding hydrogens is 449 g/mol. The molecule has 0 spiro atoms. The number of halogens is 3. The van der Waals surface area contributed by atoms with Crippen LogP contribution in [0.25, 0.3) is 0 Å². The van der Waals surface area contributed by atoms with E-state index in [4.69, 9.17) is 4.74 Å². The number of nitrogens with one attached hydrogen (secondary N) is 1. The topological polar surface area (TPSA) is 74.8 Å². The number of carbonyl (C=O) groups excluding carboxylic acids is 2. The lowest BCUT2D eigenvalue weighted by Gasteiger charge is -2.42. The fraction of sp³-hybridized carbons (Fsp3) is 0.542. The highest BCUT2D eigenvalue weighted by Gasteiger charge is 2.39. The summed E-state index contributed by atoms with van der Waals surface area (Å²) in [6.45, 7) is 4.47. The van der Waals surface area contributed by atoms with E-state index in [1.54, 1.807) is 28.0 Å². The number of ether oxygens (including phenoxy) is 1. The summed E-state index contributed by atoms with van der Waals surface area (Å²) in [5.41, 5.74) is 1.99. The van der Waals surface area contributed by atoms with Crippen molar-refractivity contribution in [1.29, 1.82) is 0 Å². The summed E-state index contributed by atoms with van der Waals surface area (Å²) < 4.78 is 44.6. The number of piperidine rings is 1. The van der Waals surface area contributed by atoms with E-state index in [0.717, 1.165) is 11.3 Å². The molecular formula is C24H29F3N4O3. The molecule has 2 saturated heterocycles. The van der Waals surface area contributed by atoms with Crippen LogP contribution in [0.4, 0.5) is 18.0 Å². The van der Waals surface area contributed by atoms with Crippen molar-refractivity contribution in [2.24, 2.45) is 11.8 Å². The molecule has 0 aromatic carbocycles. The first kappa shape index (κ1) is 24.3. The third-order valence-corrected chi connectivity index (χ3v) is 6.53. The number of nitrogens with zero attached hydrogens (tertiary/aromatic N) is 3. The Morgan fingerprint density at radius 2 is 1.91 bits per heavy atom. The highest BCUT2D eigenvalue weighted by molar-refractivity contribution is 5.94. The summed E-state index contributed by atoms with van der Waals surface area (Å²) in [6, 6.07) is 2.96. The van der Waals surface area contributed by atoms with Crippen LogP contribution in [0.5, 0.6) is 0 Å². The van der Waals surface area contributed by atoms with E-state index in [1.165, 1.54) is 18.3 Å². The number of aromatic nitrogens is 1. The molecule has 3 atom stereocenters. The van der Waals surface area contributed by atoms with Crippen molar-refractivity contribution in [1.82, 2.24) is 20.1 Å². The van der Waals surface area contributed by atoms with E-state index in [9.17, 15) is 22.8 Å². The van der Waals surface area contributed by atoms with Crippen LogP contribution in [0.15, 0.2) is 42.1 Å². The maximum atomic E-state index is 13.2. The summed E-state index contributed by atoms with van der Waals surface area (Å²) >= 11 is 0. The molecule has 3 amide bonds. The number of carbonyl (C=O) groups is 2. The second-order valence-corrected chi connectivity index (χ2v) is 9.03. The zero-order valence-electron chi connectivity index (χ0n) is 19.1. The fourth-order valence-corrected chi connectivity index (χ4v) is 4.61. The molecule has 10 heteroatoms. The Kier molecular flexibility index (Phi) is 7.25. The van der Waals surface area contributed by atoms with Gasteiger partial charge in [0, 0.05) is 50.0 Å². The average Bonchev–Trinajstić information content (AvgIpc) is 2.84. The van der Waals surface area contributed by atoms with Crippen LogP contribution in [0.1, 0.15) is 28.9 Å². The second-order valence-electron chi connectivity index (χ2n) is 9.03. The number of aryl methyl sites for hydroxylation is 1. The van der Waals surface area contributed by atoms with Crippen LogP contribution in [0.3, 0.4) is 0 Å². The molecule has 2 aliphatic heterocycles. The van der Waals surface area contributed by atoms with Gasteiger partial charge in [0.25, 0.3) is 5.91 Å². The highest BCUT2D eigenvalue weighted by Crippen LogP contribution is 2.36. The molecule has 184 valence electrons. The monoisotopic (exact) mass is 478 g/mol. The number of rotatable bonds is 3. The van der Waals surface area contributed by atoms with Gasteiger partial charge >= 0.3 is 12.2 Å². The van der Waals surface area contributed by atoms with Gasteiger partial charge in [0.2, 0.25) is 0 Å². The molecule has 1 N–H and O–H groups in total. The lowest BCUT2D eigenvalue weighted by atomic mass is 9.83. The molecule has 0 saturated carbocycles. The smallest absolute Gasteiger partial charge is 0.378 e. The third kappa shape index (κ3) is 5.78. The number of alkyl halides is 3. The molecule has 4 rings (SSSR count). The van der Waals surface area contributed by atoms with E-state index in [0.29, 0.717) is 51.4 Å². The van der Waals surface area contributed by atoms with Gasteiger partial charge in [-0.3, -0.25) is 9.78 Å². The highest BCUT2D eigenvalue weighted by atomic mass is 19.4. The van der Waals surface area contributed by atoms with Gasteiger partial charge in [-0.25, -0.2) is 4.79 Å². The molecule has 2 fully saturated rings.